The number of rotatable bonds is 3. The summed E-state index contributed by atoms with van der Waals surface area (Å²) in [5, 5.41) is 7.29. The second-order valence-corrected chi connectivity index (χ2v) is 4.95. The Labute approximate surface area is 126 Å². The summed E-state index contributed by atoms with van der Waals surface area (Å²) >= 11 is 0. The zero-order valence-corrected chi connectivity index (χ0v) is 12.0. The molecule has 3 rings (SSSR count). The van der Waals surface area contributed by atoms with Gasteiger partial charge in [-0.3, -0.25) is 14.3 Å². The number of aromatic nitrogens is 3. The van der Waals surface area contributed by atoms with E-state index in [1.807, 2.05) is 13.0 Å². The Morgan fingerprint density at radius 3 is 2.91 bits per heavy atom. The first-order valence-corrected chi connectivity index (χ1v) is 6.81. The number of fused-ring (bicyclic) bond motifs is 1. The van der Waals surface area contributed by atoms with Crippen LogP contribution in [-0.4, -0.2) is 20.7 Å². The van der Waals surface area contributed by atoms with Crippen LogP contribution < -0.4 is 10.7 Å². The van der Waals surface area contributed by atoms with Gasteiger partial charge < -0.3 is 5.32 Å². The van der Waals surface area contributed by atoms with E-state index in [0.29, 0.717) is 16.7 Å². The van der Waals surface area contributed by atoms with Crippen LogP contribution in [0.25, 0.3) is 10.9 Å². The van der Waals surface area contributed by atoms with Gasteiger partial charge in [-0.25, -0.2) is 4.98 Å². The highest BCUT2D eigenvalue weighted by molar-refractivity contribution is 5.90. The van der Waals surface area contributed by atoms with Crippen molar-refractivity contribution < 1.29 is 4.79 Å². The van der Waals surface area contributed by atoms with Crippen molar-refractivity contribution in [3.05, 3.63) is 64.6 Å². The number of nitrogens with one attached hydrogen (secondary N) is 1. The lowest BCUT2D eigenvalue weighted by Gasteiger charge is -2.09. The van der Waals surface area contributed by atoms with Crippen molar-refractivity contribution in [2.24, 2.45) is 0 Å². The van der Waals surface area contributed by atoms with Crippen LogP contribution in [0.3, 0.4) is 0 Å². The largest absolute Gasteiger partial charge is 0.309 e. The summed E-state index contributed by atoms with van der Waals surface area (Å²) in [6, 6.07) is 10.7. The predicted octanol–water partition coefficient (Wildman–Crippen LogP) is 1.74. The SMILES string of the molecule is Cc1ccnc(NC(=O)Cn2ncc(=O)c3ccccc32)c1. The minimum absolute atomic E-state index is 0.0103. The fourth-order valence-electron chi connectivity index (χ4n) is 2.21. The van der Waals surface area contributed by atoms with Gasteiger partial charge in [-0.05, 0) is 36.8 Å². The van der Waals surface area contributed by atoms with Crippen LogP contribution in [0.5, 0.6) is 0 Å². The zero-order chi connectivity index (χ0) is 15.5. The van der Waals surface area contributed by atoms with Gasteiger partial charge >= 0.3 is 0 Å². The number of hydrogen-bond acceptors (Lipinski definition) is 4. The Kier molecular flexibility index (Phi) is 3.65. The molecule has 110 valence electrons. The quantitative estimate of drug-likeness (QED) is 0.798. The van der Waals surface area contributed by atoms with Crippen LogP contribution in [0.2, 0.25) is 0 Å². The predicted molar refractivity (Wildman–Crippen MR) is 83.6 cm³/mol. The number of hydrogen-bond donors (Lipinski definition) is 1. The maximum absolute atomic E-state index is 12.1. The Hall–Kier alpha value is -3.02. The lowest BCUT2D eigenvalue weighted by atomic mass is 10.2. The number of carbonyl (C=O) groups excluding carboxylic acids is 1. The Balaban J connectivity index is 1.86. The lowest BCUT2D eigenvalue weighted by Crippen LogP contribution is -2.22. The molecule has 0 unspecified atom stereocenters. The number of nitrogens with zero attached hydrogens (tertiary/aromatic N) is 3. The normalized spacial score (nSPS) is 10.6. The molecule has 0 aliphatic heterocycles. The van der Waals surface area contributed by atoms with Gasteiger partial charge in [0.1, 0.15) is 12.4 Å². The van der Waals surface area contributed by atoms with Crippen LogP contribution in [0.4, 0.5) is 5.82 Å². The number of aryl methyl sites for hydroxylation is 1. The first-order chi connectivity index (χ1) is 10.6. The molecule has 0 spiro atoms. The Bertz CT molecular complexity index is 902. The second kappa shape index (κ2) is 5.77. The van der Waals surface area contributed by atoms with E-state index >= 15 is 0 Å². The van der Waals surface area contributed by atoms with Gasteiger partial charge in [-0.1, -0.05) is 12.1 Å². The highest BCUT2D eigenvalue weighted by Crippen LogP contribution is 2.09. The van der Waals surface area contributed by atoms with Crippen LogP contribution in [0, 0.1) is 6.92 Å². The molecule has 0 atom stereocenters. The Morgan fingerprint density at radius 1 is 1.27 bits per heavy atom. The molecule has 1 aromatic carbocycles. The molecule has 0 bridgehead atoms. The molecule has 22 heavy (non-hydrogen) atoms. The van der Waals surface area contributed by atoms with Gasteiger partial charge in [0.15, 0.2) is 0 Å². The fourth-order valence-corrected chi connectivity index (χ4v) is 2.21. The lowest BCUT2D eigenvalue weighted by molar-refractivity contribution is -0.116. The van der Waals surface area contributed by atoms with Gasteiger partial charge in [0, 0.05) is 11.6 Å². The molecule has 0 aliphatic rings. The van der Waals surface area contributed by atoms with E-state index in [1.54, 1.807) is 36.5 Å². The first-order valence-electron chi connectivity index (χ1n) is 6.81. The molecule has 2 aromatic heterocycles. The van der Waals surface area contributed by atoms with Gasteiger partial charge in [0.2, 0.25) is 11.3 Å². The summed E-state index contributed by atoms with van der Waals surface area (Å²) in [5.74, 6) is 0.245. The summed E-state index contributed by atoms with van der Waals surface area (Å²) in [6.45, 7) is 1.94. The van der Waals surface area contributed by atoms with E-state index in [-0.39, 0.29) is 17.9 Å². The average molecular weight is 294 g/mol. The topological polar surface area (TPSA) is 76.9 Å². The van der Waals surface area contributed by atoms with E-state index in [9.17, 15) is 9.59 Å². The molecule has 0 radical (unpaired) electrons. The second-order valence-electron chi connectivity index (χ2n) is 4.95. The number of para-hydroxylation sites is 1. The molecule has 2 heterocycles. The molecular formula is C16H14N4O2. The van der Waals surface area contributed by atoms with Crippen molar-refractivity contribution in [3.63, 3.8) is 0 Å². The molecule has 0 saturated carbocycles. The van der Waals surface area contributed by atoms with Crippen molar-refractivity contribution in [2.75, 3.05) is 5.32 Å². The standard InChI is InChI=1S/C16H14N4O2/c1-11-6-7-17-15(8-11)19-16(22)10-20-13-5-3-2-4-12(13)14(21)9-18-20/h2-9H,10H2,1H3,(H,17,19,22). The van der Waals surface area contributed by atoms with E-state index < -0.39 is 0 Å². The highest BCUT2D eigenvalue weighted by Gasteiger charge is 2.08. The van der Waals surface area contributed by atoms with Gasteiger partial charge in [0.25, 0.3) is 0 Å². The zero-order valence-electron chi connectivity index (χ0n) is 12.0. The van der Waals surface area contributed by atoms with Gasteiger partial charge in [-0.15, -0.1) is 0 Å². The molecule has 0 saturated heterocycles. The molecule has 1 amide bonds. The van der Waals surface area contributed by atoms with Crippen LogP contribution in [0.1, 0.15) is 5.56 Å². The van der Waals surface area contributed by atoms with Crippen molar-refractivity contribution in [1.82, 2.24) is 14.8 Å². The van der Waals surface area contributed by atoms with Crippen molar-refractivity contribution in [3.8, 4) is 0 Å². The number of benzene rings is 1. The molecule has 3 aromatic rings. The van der Waals surface area contributed by atoms with E-state index in [0.717, 1.165) is 5.56 Å². The molecule has 0 aliphatic carbocycles. The summed E-state index contributed by atoms with van der Waals surface area (Å²) in [4.78, 5) is 28.0. The van der Waals surface area contributed by atoms with Crippen molar-refractivity contribution in [1.29, 1.82) is 0 Å². The molecular weight excluding hydrogens is 280 g/mol. The van der Waals surface area contributed by atoms with Crippen molar-refractivity contribution in [2.45, 2.75) is 13.5 Å². The van der Waals surface area contributed by atoms with E-state index in [1.165, 1.54) is 10.9 Å². The van der Waals surface area contributed by atoms with E-state index in [4.69, 9.17) is 0 Å². The smallest absolute Gasteiger partial charge is 0.247 e. The summed E-state index contributed by atoms with van der Waals surface area (Å²) in [7, 11) is 0. The molecule has 6 nitrogen and oxygen atoms in total. The number of amides is 1. The monoisotopic (exact) mass is 294 g/mol. The number of anilines is 1. The number of carbonyl (C=O) groups is 1. The van der Waals surface area contributed by atoms with Gasteiger partial charge in [-0.2, -0.15) is 5.10 Å². The van der Waals surface area contributed by atoms with Crippen LogP contribution in [-0.2, 0) is 11.3 Å². The first kappa shape index (κ1) is 13.9. The fraction of sp³-hybridized carbons (Fsp3) is 0.125. The third-order valence-corrected chi connectivity index (χ3v) is 3.24. The van der Waals surface area contributed by atoms with Gasteiger partial charge in [0.05, 0.1) is 11.7 Å². The van der Waals surface area contributed by atoms with Crippen LogP contribution >= 0.6 is 0 Å². The minimum Gasteiger partial charge on any atom is -0.309 e. The summed E-state index contributed by atoms with van der Waals surface area (Å²) in [5.41, 5.74) is 1.48. The third kappa shape index (κ3) is 2.85. The maximum atomic E-state index is 12.1. The molecule has 6 heteroatoms. The summed E-state index contributed by atoms with van der Waals surface area (Å²) in [6.07, 6.45) is 2.86. The van der Waals surface area contributed by atoms with Crippen LogP contribution in [0.15, 0.2) is 53.6 Å². The Morgan fingerprint density at radius 2 is 2.09 bits per heavy atom. The average Bonchev–Trinajstić information content (AvgIpc) is 2.50. The maximum Gasteiger partial charge on any atom is 0.247 e. The van der Waals surface area contributed by atoms with E-state index in [2.05, 4.69) is 15.4 Å². The minimum atomic E-state index is -0.251. The summed E-state index contributed by atoms with van der Waals surface area (Å²) < 4.78 is 1.50. The third-order valence-electron chi connectivity index (χ3n) is 3.24. The molecule has 1 N–H and O–H groups in total. The van der Waals surface area contributed by atoms with Crippen molar-refractivity contribution >= 4 is 22.6 Å². The molecule has 0 fully saturated rings. The number of pyridine rings is 1. The highest BCUT2D eigenvalue weighted by atomic mass is 16.2.